The number of nitrogens with one attached hydrogen (secondary N) is 2. The summed E-state index contributed by atoms with van der Waals surface area (Å²) in [6, 6.07) is 15.3. The first-order valence-corrected chi connectivity index (χ1v) is 14.1. The molecule has 0 unspecified atom stereocenters. The zero-order valence-electron chi connectivity index (χ0n) is 21.5. The number of anilines is 1. The van der Waals surface area contributed by atoms with Crippen LogP contribution in [0.15, 0.2) is 59.1 Å². The van der Waals surface area contributed by atoms with Gasteiger partial charge in [0.1, 0.15) is 11.5 Å². The fourth-order valence-electron chi connectivity index (χ4n) is 4.20. The molecule has 1 saturated heterocycles. The highest BCUT2D eigenvalue weighted by Gasteiger charge is 2.22. The average molecular weight is 633 g/mol. The number of aryl methyl sites for hydroxylation is 1. The molecule has 3 aromatic rings. The number of piperidine rings is 1. The van der Waals surface area contributed by atoms with Gasteiger partial charge in [0.25, 0.3) is 5.91 Å². The summed E-state index contributed by atoms with van der Waals surface area (Å²) in [5.74, 6) is -0.0616. The summed E-state index contributed by atoms with van der Waals surface area (Å²) in [4.78, 5) is 39.9. The van der Waals surface area contributed by atoms with E-state index < -0.39 is 11.8 Å². The number of likely N-dealkylation sites (tertiary alicyclic amines) is 1. The van der Waals surface area contributed by atoms with Crippen LogP contribution in [0.5, 0.6) is 11.5 Å². The van der Waals surface area contributed by atoms with Crippen LogP contribution in [-0.2, 0) is 16.1 Å². The first kappa shape index (κ1) is 28.9. The van der Waals surface area contributed by atoms with Crippen LogP contribution in [0.2, 0.25) is 10.0 Å². The number of hydrogen-bond acceptors (Lipinski definition) is 4. The van der Waals surface area contributed by atoms with Gasteiger partial charge in [0.15, 0.2) is 0 Å². The second-order valence-corrected chi connectivity index (χ2v) is 11.3. The van der Waals surface area contributed by atoms with Crippen LogP contribution in [0.1, 0.15) is 41.3 Å². The molecule has 1 aliphatic rings. The normalized spacial score (nSPS) is 13.6. The van der Waals surface area contributed by atoms with E-state index in [9.17, 15) is 14.4 Å². The third-order valence-corrected chi connectivity index (χ3v) is 7.82. The van der Waals surface area contributed by atoms with Gasteiger partial charge in [0.05, 0.1) is 10.0 Å². The Bertz CT molecular complexity index is 1410. The lowest BCUT2D eigenvalue weighted by Gasteiger charge is -2.30. The Labute approximate surface area is 245 Å². The Balaban J connectivity index is 1.37. The third kappa shape index (κ3) is 7.53. The van der Waals surface area contributed by atoms with Crippen molar-refractivity contribution in [1.29, 1.82) is 0 Å². The number of hydrogen-bond donors (Lipinski definition) is 2. The van der Waals surface area contributed by atoms with Crippen molar-refractivity contribution in [1.82, 2.24) is 10.2 Å². The van der Waals surface area contributed by atoms with Gasteiger partial charge in [-0.1, -0.05) is 52.1 Å². The molecule has 0 aliphatic carbocycles. The maximum Gasteiger partial charge on any atom is 0.313 e. The van der Waals surface area contributed by atoms with E-state index in [4.69, 9.17) is 27.9 Å². The van der Waals surface area contributed by atoms with Crippen molar-refractivity contribution >= 4 is 62.5 Å². The van der Waals surface area contributed by atoms with Crippen molar-refractivity contribution in [3.8, 4) is 11.5 Å². The summed E-state index contributed by atoms with van der Waals surface area (Å²) >= 11 is 15.5. The smallest absolute Gasteiger partial charge is 0.313 e. The van der Waals surface area contributed by atoms with Crippen LogP contribution in [-0.4, -0.2) is 35.7 Å². The largest absolute Gasteiger partial charge is 0.457 e. The van der Waals surface area contributed by atoms with Crippen LogP contribution in [0.25, 0.3) is 0 Å². The molecule has 3 amide bonds. The van der Waals surface area contributed by atoms with Crippen molar-refractivity contribution in [3.05, 3.63) is 85.8 Å². The van der Waals surface area contributed by atoms with E-state index in [2.05, 4.69) is 33.5 Å². The number of carbonyl (C=O) groups is 3. The van der Waals surface area contributed by atoms with E-state index in [1.807, 2.05) is 4.90 Å². The van der Waals surface area contributed by atoms with Crippen molar-refractivity contribution in [2.45, 2.75) is 33.2 Å². The molecule has 0 bridgehead atoms. The lowest BCUT2D eigenvalue weighted by Crippen LogP contribution is -2.38. The van der Waals surface area contributed by atoms with E-state index in [1.54, 1.807) is 61.5 Å². The summed E-state index contributed by atoms with van der Waals surface area (Å²) in [7, 11) is 0. The van der Waals surface area contributed by atoms with Gasteiger partial charge in [-0.2, -0.15) is 0 Å². The summed E-state index contributed by atoms with van der Waals surface area (Å²) in [6.07, 6.45) is 1.99. The zero-order chi connectivity index (χ0) is 28.1. The summed E-state index contributed by atoms with van der Waals surface area (Å²) in [5, 5.41) is 6.02. The van der Waals surface area contributed by atoms with E-state index >= 15 is 0 Å². The monoisotopic (exact) mass is 631 g/mol. The standard InChI is InChI=1S/C29H28BrCl2N3O4/c1-17-9-11-35(12-10-17)29(38)19-4-8-25(18(2)13-19)34-28(37)27(36)33-16-20-3-5-21(30)14-26(20)39-22-6-7-23(31)24(32)15-22/h3-8,13-15,17H,9-12,16H2,1-2H3,(H,33,36)(H,34,37). The summed E-state index contributed by atoms with van der Waals surface area (Å²) in [6.45, 7) is 5.53. The highest BCUT2D eigenvalue weighted by Crippen LogP contribution is 2.32. The molecule has 10 heteroatoms. The van der Waals surface area contributed by atoms with Gasteiger partial charge < -0.3 is 20.3 Å². The van der Waals surface area contributed by atoms with Gasteiger partial charge in [0, 0.05) is 47.0 Å². The molecule has 1 heterocycles. The minimum absolute atomic E-state index is 0.0194. The molecular weight excluding hydrogens is 605 g/mol. The van der Waals surface area contributed by atoms with Crippen LogP contribution in [0.4, 0.5) is 5.69 Å². The second-order valence-electron chi connectivity index (χ2n) is 9.57. The number of halogens is 3. The quantitative estimate of drug-likeness (QED) is 0.287. The van der Waals surface area contributed by atoms with E-state index in [0.717, 1.165) is 30.4 Å². The lowest BCUT2D eigenvalue weighted by molar-refractivity contribution is -0.136. The highest BCUT2D eigenvalue weighted by molar-refractivity contribution is 9.10. The van der Waals surface area contributed by atoms with Gasteiger partial charge in [0.2, 0.25) is 0 Å². The van der Waals surface area contributed by atoms with Crippen LogP contribution >= 0.6 is 39.1 Å². The Hall–Kier alpha value is -3.07. The predicted molar refractivity (Wildman–Crippen MR) is 157 cm³/mol. The van der Waals surface area contributed by atoms with E-state index in [0.29, 0.717) is 49.8 Å². The van der Waals surface area contributed by atoms with Crippen molar-refractivity contribution in [2.75, 3.05) is 18.4 Å². The number of rotatable bonds is 6. The molecule has 0 radical (unpaired) electrons. The summed E-state index contributed by atoms with van der Waals surface area (Å²) in [5.41, 5.74) is 2.37. The number of amides is 3. The average Bonchev–Trinajstić information content (AvgIpc) is 2.91. The Kier molecular flexibility index (Phi) is 9.53. The third-order valence-electron chi connectivity index (χ3n) is 6.59. The Morgan fingerprint density at radius 2 is 1.72 bits per heavy atom. The molecule has 1 aliphatic heterocycles. The van der Waals surface area contributed by atoms with Gasteiger partial charge in [-0.05, 0) is 73.7 Å². The number of nitrogens with zero attached hydrogens (tertiary/aromatic N) is 1. The van der Waals surface area contributed by atoms with Crippen LogP contribution in [0.3, 0.4) is 0 Å². The number of benzene rings is 3. The zero-order valence-corrected chi connectivity index (χ0v) is 24.6. The van der Waals surface area contributed by atoms with E-state index in [1.165, 1.54) is 0 Å². The fraction of sp³-hybridized carbons (Fsp3) is 0.276. The topological polar surface area (TPSA) is 87.7 Å². The first-order valence-electron chi connectivity index (χ1n) is 12.5. The van der Waals surface area contributed by atoms with Gasteiger partial charge >= 0.3 is 11.8 Å². The van der Waals surface area contributed by atoms with Crippen LogP contribution in [0, 0.1) is 12.8 Å². The first-order chi connectivity index (χ1) is 18.6. The van der Waals surface area contributed by atoms with Crippen LogP contribution < -0.4 is 15.4 Å². The SMILES string of the molecule is Cc1cc(C(=O)N2CCC(C)CC2)ccc1NC(=O)C(=O)NCc1ccc(Br)cc1Oc1ccc(Cl)c(Cl)c1. The fourth-order valence-corrected chi connectivity index (χ4v) is 4.83. The molecule has 0 saturated carbocycles. The van der Waals surface area contributed by atoms with Crippen molar-refractivity contribution in [2.24, 2.45) is 5.92 Å². The Morgan fingerprint density at radius 3 is 2.41 bits per heavy atom. The number of ether oxygens (including phenoxy) is 1. The van der Waals surface area contributed by atoms with Crippen molar-refractivity contribution < 1.29 is 19.1 Å². The molecule has 3 aromatic carbocycles. The van der Waals surface area contributed by atoms with E-state index in [-0.39, 0.29) is 12.5 Å². The molecule has 1 fully saturated rings. The highest BCUT2D eigenvalue weighted by atomic mass is 79.9. The molecule has 204 valence electrons. The molecule has 0 spiro atoms. The Morgan fingerprint density at radius 1 is 0.974 bits per heavy atom. The maximum absolute atomic E-state index is 12.9. The molecule has 0 aromatic heterocycles. The van der Waals surface area contributed by atoms with Gasteiger partial charge in [-0.3, -0.25) is 14.4 Å². The molecule has 39 heavy (non-hydrogen) atoms. The predicted octanol–water partition coefficient (Wildman–Crippen LogP) is 6.98. The maximum atomic E-state index is 12.9. The molecule has 2 N–H and O–H groups in total. The minimum Gasteiger partial charge on any atom is -0.457 e. The van der Waals surface area contributed by atoms with Crippen molar-refractivity contribution in [3.63, 3.8) is 0 Å². The molecular formula is C29H28BrCl2N3O4. The molecule has 0 atom stereocenters. The minimum atomic E-state index is -0.814. The molecule has 4 rings (SSSR count). The second kappa shape index (κ2) is 12.9. The van der Waals surface area contributed by atoms with Gasteiger partial charge in [-0.25, -0.2) is 0 Å². The summed E-state index contributed by atoms with van der Waals surface area (Å²) < 4.78 is 6.73. The molecule has 7 nitrogen and oxygen atoms in total. The van der Waals surface area contributed by atoms with Gasteiger partial charge in [-0.15, -0.1) is 0 Å². The number of carbonyl (C=O) groups excluding carboxylic acids is 3. The lowest BCUT2D eigenvalue weighted by atomic mass is 9.98.